The van der Waals surface area contributed by atoms with E-state index in [1.807, 2.05) is 24.3 Å². The Labute approximate surface area is 107 Å². The third-order valence-electron chi connectivity index (χ3n) is 2.93. The zero-order chi connectivity index (χ0) is 12.7. The molecule has 0 aliphatic rings. The number of hydrogen-bond acceptors (Lipinski definition) is 4. The van der Waals surface area contributed by atoms with Crippen LogP contribution in [0.3, 0.4) is 0 Å². The Morgan fingerprint density at radius 2 is 2.17 bits per heavy atom. The van der Waals surface area contributed by atoms with Gasteiger partial charge in [-0.15, -0.1) is 0 Å². The number of aromatic nitrogens is 3. The van der Waals surface area contributed by atoms with Crippen LogP contribution >= 0.6 is 11.5 Å². The molecule has 2 N–H and O–H groups in total. The van der Waals surface area contributed by atoms with Crippen molar-refractivity contribution < 1.29 is 0 Å². The molecule has 0 atom stereocenters. The second-order valence-electron chi connectivity index (χ2n) is 4.11. The van der Waals surface area contributed by atoms with Gasteiger partial charge in [-0.3, -0.25) is 13.4 Å². The molecule has 92 valence electrons. The predicted octanol–water partition coefficient (Wildman–Crippen LogP) is 1.43. The monoisotopic (exact) mass is 260 g/mol. The highest BCUT2D eigenvalue weighted by molar-refractivity contribution is 7.13. The second kappa shape index (κ2) is 3.99. The Hall–Kier alpha value is -2.08. The van der Waals surface area contributed by atoms with Gasteiger partial charge in [-0.1, -0.05) is 23.7 Å². The van der Waals surface area contributed by atoms with Crippen molar-refractivity contribution >= 4 is 27.4 Å². The van der Waals surface area contributed by atoms with Gasteiger partial charge in [0.15, 0.2) is 0 Å². The van der Waals surface area contributed by atoms with Crippen LogP contribution in [-0.4, -0.2) is 13.7 Å². The van der Waals surface area contributed by atoms with Crippen LogP contribution in [0.2, 0.25) is 0 Å². The van der Waals surface area contributed by atoms with E-state index in [0.717, 1.165) is 15.6 Å². The van der Waals surface area contributed by atoms with E-state index in [9.17, 15) is 4.79 Å². The summed E-state index contributed by atoms with van der Waals surface area (Å²) in [5.41, 5.74) is 6.78. The highest BCUT2D eigenvalue weighted by Gasteiger charge is 2.10. The standard InChI is InChI=1S/C12H12N4OS/c1-15-11(13)8(6-14-15)7-16-12(17)9-4-2-3-5-10(9)18-16/h2-6H,7,13H2,1H3. The van der Waals surface area contributed by atoms with E-state index in [0.29, 0.717) is 12.4 Å². The molecule has 0 unspecified atom stereocenters. The first-order valence-corrected chi connectivity index (χ1v) is 6.29. The SMILES string of the molecule is Cn1ncc(Cn2sc3ccccc3c2=O)c1N. The molecule has 0 aliphatic heterocycles. The van der Waals surface area contributed by atoms with Gasteiger partial charge in [-0.25, -0.2) is 0 Å². The molecule has 6 heteroatoms. The van der Waals surface area contributed by atoms with Crippen molar-refractivity contribution in [3.63, 3.8) is 0 Å². The second-order valence-corrected chi connectivity index (χ2v) is 5.17. The lowest BCUT2D eigenvalue weighted by Gasteiger charge is -1.99. The molecular formula is C12H12N4OS. The van der Waals surface area contributed by atoms with Crippen molar-refractivity contribution in [1.29, 1.82) is 0 Å². The van der Waals surface area contributed by atoms with Crippen LogP contribution in [0.1, 0.15) is 5.56 Å². The van der Waals surface area contributed by atoms with Gasteiger partial charge in [-0.2, -0.15) is 5.10 Å². The summed E-state index contributed by atoms with van der Waals surface area (Å²) in [5.74, 6) is 0.597. The Bertz CT molecular complexity index is 768. The lowest BCUT2D eigenvalue weighted by atomic mass is 10.3. The molecule has 0 spiro atoms. The lowest BCUT2D eigenvalue weighted by molar-refractivity contribution is 0.777. The molecule has 5 nitrogen and oxygen atoms in total. The number of benzene rings is 1. The van der Waals surface area contributed by atoms with Crippen LogP contribution in [0.4, 0.5) is 5.82 Å². The Balaban J connectivity index is 2.08. The van der Waals surface area contributed by atoms with Gasteiger partial charge in [0.1, 0.15) is 5.82 Å². The van der Waals surface area contributed by atoms with Crippen molar-refractivity contribution in [3.8, 4) is 0 Å². The van der Waals surface area contributed by atoms with E-state index in [4.69, 9.17) is 5.73 Å². The van der Waals surface area contributed by atoms with Crippen LogP contribution in [0.15, 0.2) is 35.3 Å². The molecule has 3 rings (SSSR count). The number of anilines is 1. The maximum Gasteiger partial charge on any atom is 0.268 e. The van der Waals surface area contributed by atoms with Crippen LogP contribution in [0.25, 0.3) is 10.1 Å². The average Bonchev–Trinajstić information content (AvgIpc) is 2.86. The van der Waals surface area contributed by atoms with Crippen molar-refractivity contribution in [1.82, 2.24) is 13.7 Å². The van der Waals surface area contributed by atoms with Crippen molar-refractivity contribution in [2.75, 3.05) is 5.73 Å². The third-order valence-corrected chi connectivity index (χ3v) is 4.00. The van der Waals surface area contributed by atoms with Crippen LogP contribution in [0, 0.1) is 0 Å². The summed E-state index contributed by atoms with van der Waals surface area (Å²) >= 11 is 1.45. The van der Waals surface area contributed by atoms with Gasteiger partial charge in [-0.05, 0) is 12.1 Å². The van der Waals surface area contributed by atoms with Crippen molar-refractivity contribution in [2.45, 2.75) is 6.54 Å². The maximum absolute atomic E-state index is 12.2. The van der Waals surface area contributed by atoms with Gasteiger partial charge in [0.2, 0.25) is 0 Å². The van der Waals surface area contributed by atoms with E-state index in [2.05, 4.69) is 5.10 Å². The number of rotatable bonds is 2. The topological polar surface area (TPSA) is 65.8 Å². The molecule has 0 saturated carbocycles. The van der Waals surface area contributed by atoms with E-state index < -0.39 is 0 Å². The van der Waals surface area contributed by atoms with Gasteiger partial charge in [0.05, 0.1) is 22.8 Å². The minimum absolute atomic E-state index is 0.0267. The zero-order valence-corrected chi connectivity index (χ0v) is 10.6. The zero-order valence-electron chi connectivity index (χ0n) is 9.83. The summed E-state index contributed by atoms with van der Waals surface area (Å²) in [6.07, 6.45) is 1.70. The Kier molecular flexibility index (Phi) is 2.45. The predicted molar refractivity (Wildman–Crippen MR) is 72.8 cm³/mol. The minimum atomic E-state index is 0.0267. The fourth-order valence-electron chi connectivity index (χ4n) is 1.89. The average molecular weight is 260 g/mol. The molecule has 0 amide bonds. The molecular weight excluding hydrogens is 248 g/mol. The summed E-state index contributed by atoms with van der Waals surface area (Å²) < 4.78 is 4.30. The quantitative estimate of drug-likeness (QED) is 0.758. The summed E-state index contributed by atoms with van der Waals surface area (Å²) in [4.78, 5) is 12.2. The molecule has 0 aliphatic carbocycles. The Morgan fingerprint density at radius 3 is 2.83 bits per heavy atom. The van der Waals surface area contributed by atoms with Crippen molar-refractivity contribution in [2.24, 2.45) is 7.05 Å². The van der Waals surface area contributed by atoms with Crippen molar-refractivity contribution in [3.05, 3.63) is 46.4 Å². The van der Waals surface area contributed by atoms with Crippen LogP contribution in [0.5, 0.6) is 0 Å². The van der Waals surface area contributed by atoms with E-state index in [-0.39, 0.29) is 5.56 Å². The highest BCUT2D eigenvalue weighted by atomic mass is 32.1. The first-order chi connectivity index (χ1) is 8.66. The van der Waals surface area contributed by atoms with Gasteiger partial charge < -0.3 is 5.73 Å². The number of nitrogen functional groups attached to an aromatic ring is 1. The largest absolute Gasteiger partial charge is 0.384 e. The summed E-state index contributed by atoms with van der Waals surface area (Å²) in [6.45, 7) is 0.470. The number of aryl methyl sites for hydroxylation is 1. The van der Waals surface area contributed by atoms with E-state index in [1.54, 1.807) is 21.9 Å². The normalized spacial score (nSPS) is 11.2. The highest BCUT2D eigenvalue weighted by Crippen LogP contribution is 2.18. The first kappa shape index (κ1) is 11.0. The van der Waals surface area contributed by atoms with Crippen LogP contribution in [-0.2, 0) is 13.6 Å². The fourth-order valence-corrected chi connectivity index (χ4v) is 2.91. The number of fused-ring (bicyclic) bond motifs is 1. The summed E-state index contributed by atoms with van der Waals surface area (Å²) in [7, 11) is 1.78. The van der Waals surface area contributed by atoms with Gasteiger partial charge in [0, 0.05) is 12.6 Å². The fraction of sp³-hybridized carbons (Fsp3) is 0.167. The molecule has 0 saturated heterocycles. The Morgan fingerprint density at radius 1 is 1.39 bits per heavy atom. The molecule has 2 heterocycles. The third kappa shape index (κ3) is 1.62. The molecule has 0 fully saturated rings. The lowest BCUT2D eigenvalue weighted by Crippen LogP contribution is -2.14. The molecule has 2 aromatic heterocycles. The van der Waals surface area contributed by atoms with Gasteiger partial charge >= 0.3 is 0 Å². The van der Waals surface area contributed by atoms with E-state index >= 15 is 0 Å². The summed E-state index contributed by atoms with van der Waals surface area (Å²) in [5, 5.41) is 4.83. The number of hydrogen-bond donors (Lipinski definition) is 1. The minimum Gasteiger partial charge on any atom is -0.384 e. The summed E-state index contributed by atoms with van der Waals surface area (Å²) in [6, 6.07) is 7.60. The molecule has 18 heavy (non-hydrogen) atoms. The smallest absolute Gasteiger partial charge is 0.268 e. The molecule has 1 aromatic carbocycles. The molecule has 0 radical (unpaired) electrons. The van der Waals surface area contributed by atoms with E-state index in [1.165, 1.54) is 11.5 Å². The van der Waals surface area contributed by atoms with Gasteiger partial charge in [0.25, 0.3) is 5.56 Å². The molecule has 0 bridgehead atoms. The van der Waals surface area contributed by atoms with Crippen LogP contribution < -0.4 is 11.3 Å². The molecule has 3 aromatic rings. The first-order valence-electron chi connectivity index (χ1n) is 5.52. The number of nitrogens with zero attached hydrogens (tertiary/aromatic N) is 3. The number of nitrogens with two attached hydrogens (primary N) is 1. The maximum atomic E-state index is 12.2.